The van der Waals surface area contributed by atoms with Gasteiger partial charge in [0.2, 0.25) is 0 Å². The Kier molecular flexibility index (Phi) is 6.63. The number of hydrogen-bond acceptors (Lipinski definition) is 4. The van der Waals surface area contributed by atoms with Gasteiger partial charge in [-0.3, -0.25) is 9.91 Å². The molecule has 0 spiro atoms. The molecule has 0 saturated carbocycles. The van der Waals surface area contributed by atoms with Crippen LogP contribution in [0.3, 0.4) is 0 Å². The van der Waals surface area contributed by atoms with E-state index in [0.717, 1.165) is 32.7 Å². The second kappa shape index (κ2) is 8.48. The highest BCUT2D eigenvalue weighted by Crippen LogP contribution is 2.14. The fraction of sp³-hybridized carbons (Fsp3) is 0.389. The van der Waals surface area contributed by atoms with Crippen molar-refractivity contribution in [3.63, 3.8) is 0 Å². The Hall–Kier alpha value is -1.36. The molecule has 0 unspecified atom stereocenters. The minimum atomic E-state index is 0. The second-order valence-electron chi connectivity index (χ2n) is 5.93. The van der Waals surface area contributed by atoms with Crippen molar-refractivity contribution in [2.75, 3.05) is 26.2 Å². The summed E-state index contributed by atoms with van der Waals surface area (Å²) in [6, 6.07) is 11.0. The maximum atomic E-state index is 4.63. The highest BCUT2D eigenvalue weighted by atomic mass is 35.5. The lowest BCUT2D eigenvalue weighted by Gasteiger charge is -2.33. The minimum Gasteiger partial charge on any atom is -0.295 e. The third-order valence-electron chi connectivity index (χ3n) is 4.12. The first-order chi connectivity index (χ1) is 10.7. The average molecular weight is 350 g/mol. The number of thiophene rings is 1. The molecule has 0 aliphatic carbocycles. The molecule has 5 heteroatoms. The van der Waals surface area contributed by atoms with Crippen LogP contribution in [0.2, 0.25) is 0 Å². The first kappa shape index (κ1) is 18.0. The zero-order valence-electron chi connectivity index (χ0n) is 13.7. The smallest absolute Gasteiger partial charge is 0.0645 e. The molecule has 1 aromatic carbocycles. The van der Waals surface area contributed by atoms with E-state index < -0.39 is 0 Å². The third-order valence-corrected chi connectivity index (χ3v) is 5.07. The Morgan fingerprint density at radius 3 is 2.35 bits per heavy atom. The van der Waals surface area contributed by atoms with Crippen molar-refractivity contribution in [3.8, 4) is 0 Å². The number of hydrogen-bond donors (Lipinski definition) is 0. The number of halogens is 1. The maximum Gasteiger partial charge on any atom is 0.0645 e. The summed E-state index contributed by atoms with van der Waals surface area (Å²) in [6.07, 6.45) is 2.01. The first-order valence-electron chi connectivity index (χ1n) is 7.81. The van der Waals surface area contributed by atoms with Gasteiger partial charge in [-0.15, -0.1) is 23.7 Å². The van der Waals surface area contributed by atoms with Crippen LogP contribution < -0.4 is 0 Å². The van der Waals surface area contributed by atoms with Crippen molar-refractivity contribution >= 4 is 30.0 Å². The van der Waals surface area contributed by atoms with Crippen molar-refractivity contribution in [1.29, 1.82) is 0 Å². The lowest BCUT2D eigenvalue weighted by molar-refractivity contribution is 0.131. The summed E-state index contributed by atoms with van der Waals surface area (Å²) in [5.41, 5.74) is 4.04. The number of hydrazone groups is 1. The Balaban J connectivity index is 0.00000192. The van der Waals surface area contributed by atoms with E-state index in [1.54, 1.807) is 11.3 Å². The second-order valence-corrected chi connectivity index (χ2v) is 6.88. The molecule has 0 N–H and O–H groups in total. The van der Waals surface area contributed by atoms with E-state index in [-0.39, 0.29) is 12.4 Å². The Morgan fingerprint density at radius 2 is 1.74 bits per heavy atom. The number of nitrogens with zero attached hydrogens (tertiary/aromatic N) is 3. The van der Waals surface area contributed by atoms with Gasteiger partial charge in [-0.2, -0.15) is 5.10 Å². The molecule has 3 rings (SSSR count). The fourth-order valence-electron chi connectivity index (χ4n) is 2.61. The fourth-order valence-corrected chi connectivity index (χ4v) is 3.39. The molecule has 1 aliphatic rings. The standard InChI is InChI=1S/C18H23N3S.ClH/c1-15-3-5-17(6-4-15)14-20-8-10-21(11-9-20)19-13-18-16(2)7-12-22-18;/h3-7,12-13H,8-11,14H2,1-2H3;1H/b19-13+;. The number of benzene rings is 1. The first-order valence-corrected chi connectivity index (χ1v) is 8.69. The molecule has 0 radical (unpaired) electrons. The molecular formula is C18H24ClN3S. The summed E-state index contributed by atoms with van der Waals surface area (Å²) < 4.78 is 0. The normalized spacial score (nSPS) is 15.8. The summed E-state index contributed by atoms with van der Waals surface area (Å²) in [5, 5.41) is 8.94. The van der Waals surface area contributed by atoms with Crippen LogP contribution in [0.1, 0.15) is 21.6 Å². The average Bonchev–Trinajstić information content (AvgIpc) is 2.94. The molecule has 0 atom stereocenters. The van der Waals surface area contributed by atoms with Crippen LogP contribution in [0.4, 0.5) is 0 Å². The number of rotatable bonds is 4. The highest BCUT2D eigenvalue weighted by molar-refractivity contribution is 7.11. The van der Waals surface area contributed by atoms with Gasteiger partial charge in [0.1, 0.15) is 0 Å². The zero-order chi connectivity index (χ0) is 15.4. The molecule has 1 fully saturated rings. The van der Waals surface area contributed by atoms with E-state index in [1.165, 1.54) is 21.6 Å². The van der Waals surface area contributed by atoms with Crippen LogP contribution in [0, 0.1) is 13.8 Å². The Morgan fingerprint density at radius 1 is 1.04 bits per heavy atom. The van der Waals surface area contributed by atoms with E-state index in [4.69, 9.17) is 0 Å². The number of piperazine rings is 1. The van der Waals surface area contributed by atoms with Gasteiger partial charge >= 0.3 is 0 Å². The molecular weight excluding hydrogens is 326 g/mol. The summed E-state index contributed by atoms with van der Waals surface area (Å²) >= 11 is 1.76. The Labute approximate surface area is 149 Å². The van der Waals surface area contributed by atoms with Crippen molar-refractivity contribution in [2.45, 2.75) is 20.4 Å². The predicted molar refractivity (Wildman–Crippen MR) is 102 cm³/mol. The van der Waals surface area contributed by atoms with Gasteiger partial charge in [-0.1, -0.05) is 29.8 Å². The lowest BCUT2D eigenvalue weighted by atomic mass is 10.1. The van der Waals surface area contributed by atoms with Gasteiger partial charge in [-0.05, 0) is 36.4 Å². The summed E-state index contributed by atoms with van der Waals surface area (Å²) in [7, 11) is 0. The maximum absolute atomic E-state index is 4.63. The van der Waals surface area contributed by atoms with Gasteiger partial charge in [0, 0.05) is 37.6 Å². The topological polar surface area (TPSA) is 18.8 Å². The molecule has 0 bridgehead atoms. The van der Waals surface area contributed by atoms with E-state index in [9.17, 15) is 0 Å². The third kappa shape index (κ3) is 5.06. The van der Waals surface area contributed by atoms with Crippen molar-refractivity contribution in [1.82, 2.24) is 9.91 Å². The van der Waals surface area contributed by atoms with Crippen LogP contribution in [0.5, 0.6) is 0 Å². The number of aryl methyl sites for hydroxylation is 2. The summed E-state index contributed by atoms with van der Waals surface area (Å²) in [4.78, 5) is 3.77. The highest BCUT2D eigenvalue weighted by Gasteiger charge is 2.15. The lowest BCUT2D eigenvalue weighted by Crippen LogP contribution is -2.43. The largest absolute Gasteiger partial charge is 0.295 e. The van der Waals surface area contributed by atoms with E-state index in [0.29, 0.717) is 0 Å². The molecule has 1 aliphatic heterocycles. The molecule has 2 heterocycles. The van der Waals surface area contributed by atoms with Crippen LogP contribution in [-0.4, -0.2) is 42.3 Å². The van der Waals surface area contributed by atoms with E-state index in [1.807, 2.05) is 6.21 Å². The summed E-state index contributed by atoms with van der Waals surface area (Å²) in [6.45, 7) is 9.48. The molecule has 23 heavy (non-hydrogen) atoms. The monoisotopic (exact) mass is 349 g/mol. The SMILES string of the molecule is Cc1ccc(CN2CCN(/N=C/c3sccc3C)CC2)cc1.Cl. The van der Waals surface area contributed by atoms with E-state index in [2.05, 4.69) is 64.6 Å². The molecule has 1 saturated heterocycles. The van der Waals surface area contributed by atoms with Gasteiger partial charge in [0.15, 0.2) is 0 Å². The van der Waals surface area contributed by atoms with Gasteiger partial charge < -0.3 is 0 Å². The quantitative estimate of drug-likeness (QED) is 0.778. The van der Waals surface area contributed by atoms with Crippen LogP contribution in [0.15, 0.2) is 40.8 Å². The van der Waals surface area contributed by atoms with Crippen LogP contribution in [0.25, 0.3) is 0 Å². The van der Waals surface area contributed by atoms with Crippen molar-refractivity contribution in [3.05, 3.63) is 57.3 Å². The van der Waals surface area contributed by atoms with Gasteiger partial charge in [0.05, 0.1) is 6.21 Å². The van der Waals surface area contributed by atoms with E-state index >= 15 is 0 Å². The van der Waals surface area contributed by atoms with Gasteiger partial charge in [0.25, 0.3) is 0 Å². The van der Waals surface area contributed by atoms with Crippen LogP contribution >= 0.6 is 23.7 Å². The van der Waals surface area contributed by atoms with Crippen LogP contribution in [-0.2, 0) is 6.54 Å². The zero-order valence-corrected chi connectivity index (χ0v) is 15.4. The van der Waals surface area contributed by atoms with Crippen molar-refractivity contribution < 1.29 is 0 Å². The Bertz CT molecular complexity index is 628. The molecule has 1 aromatic heterocycles. The minimum absolute atomic E-state index is 0. The summed E-state index contributed by atoms with van der Waals surface area (Å²) in [5.74, 6) is 0. The molecule has 2 aromatic rings. The van der Waals surface area contributed by atoms with Crippen molar-refractivity contribution in [2.24, 2.45) is 5.10 Å². The molecule has 0 amide bonds. The van der Waals surface area contributed by atoms with Gasteiger partial charge in [-0.25, -0.2) is 0 Å². The predicted octanol–water partition coefficient (Wildman–Crippen LogP) is 3.94. The molecule has 124 valence electrons. The molecule has 3 nitrogen and oxygen atoms in total.